The largest absolute Gasteiger partial charge is 0.309 e. The fourth-order valence-electron chi connectivity index (χ4n) is 9.36. The van der Waals surface area contributed by atoms with E-state index in [4.69, 9.17) is 15.0 Å². The fraction of sp³-hybridized carbons (Fsp3) is 0.0192. The maximum absolute atomic E-state index is 5.23. The first-order valence-electron chi connectivity index (χ1n) is 19.3. The number of rotatable bonds is 4. The summed E-state index contributed by atoms with van der Waals surface area (Å²) in [6, 6.07) is 69.7. The van der Waals surface area contributed by atoms with E-state index in [0.717, 1.165) is 27.3 Å². The Morgan fingerprint density at radius 2 is 0.877 bits per heavy atom. The Hall–Kier alpha value is -7.08. The van der Waals surface area contributed by atoms with Crippen molar-refractivity contribution >= 4 is 33.6 Å². The molecule has 1 aliphatic heterocycles. The fourth-order valence-corrected chi connectivity index (χ4v) is 10.6. The van der Waals surface area contributed by atoms with Crippen LogP contribution in [0, 0.1) is 0 Å². The number of benzene rings is 8. The van der Waals surface area contributed by atoms with Gasteiger partial charge in [0.05, 0.1) is 16.4 Å². The molecule has 4 nitrogen and oxygen atoms in total. The second-order valence-electron chi connectivity index (χ2n) is 14.7. The molecule has 2 aliphatic rings. The Bertz CT molecular complexity index is 3070. The summed E-state index contributed by atoms with van der Waals surface area (Å²) in [7, 11) is 0. The molecule has 0 fully saturated rings. The van der Waals surface area contributed by atoms with E-state index in [-0.39, 0.29) is 0 Å². The van der Waals surface area contributed by atoms with Crippen molar-refractivity contribution in [1.29, 1.82) is 0 Å². The van der Waals surface area contributed by atoms with Gasteiger partial charge in [-0.05, 0) is 63.7 Å². The molecule has 2 aromatic heterocycles. The predicted molar refractivity (Wildman–Crippen MR) is 232 cm³/mol. The van der Waals surface area contributed by atoms with Gasteiger partial charge in [-0.15, -0.1) is 0 Å². The molecule has 0 radical (unpaired) electrons. The Morgan fingerprint density at radius 1 is 0.386 bits per heavy atom. The number of fused-ring (bicyclic) bond motifs is 12. The average Bonchev–Trinajstić information content (AvgIpc) is 3.78. The second-order valence-corrected chi connectivity index (χ2v) is 15.8. The summed E-state index contributed by atoms with van der Waals surface area (Å²) in [6.45, 7) is 0. The molecule has 0 atom stereocenters. The molecule has 0 N–H and O–H groups in total. The van der Waals surface area contributed by atoms with Crippen molar-refractivity contribution in [3.8, 4) is 51.0 Å². The zero-order chi connectivity index (χ0) is 37.5. The van der Waals surface area contributed by atoms with Crippen LogP contribution in [0.5, 0.6) is 0 Å². The first kappa shape index (κ1) is 32.2. The summed E-state index contributed by atoms with van der Waals surface area (Å²) in [5.41, 5.74) is 13.5. The first-order chi connectivity index (χ1) is 28.3. The van der Waals surface area contributed by atoms with E-state index >= 15 is 0 Å². The van der Waals surface area contributed by atoms with Crippen LogP contribution < -0.4 is 0 Å². The van der Waals surface area contributed by atoms with Crippen molar-refractivity contribution in [2.45, 2.75) is 15.2 Å². The summed E-state index contributed by atoms with van der Waals surface area (Å²) in [5.74, 6) is 1.97. The zero-order valence-electron chi connectivity index (χ0n) is 30.7. The van der Waals surface area contributed by atoms with Gasteiger partial charge in [0.15, 0.2) is 17.5 Å². The summed E-state index contributed by atoms with van der Waals surface area (Å²) in [5, 5.41) is 2.51. The lowest BCUT2D eigenvalue weighted by atomic mass is 9.67. The van der Waals surface area contributed by atoms with Crippen LogP contribution in [0.15, 0.2) is 204 Å². The van der Waals surface area contributed by atoms with Crippen molar-refractivity contribution in [2.24, 2.45) is 0 Å². The third kappa shape index (κ3) is 4.67. The van der Waals surface area contributed by atoms with E-state index in [1.807, 2.05) is 48.2 Å². The molecule has 10 aromatic rings. The van der Waals surface area contributed by atoms with Crippen LogP contribution in [0.1, 0.15) is 22.3 Å². The van der Waals surface area contributed by atoms with E-state index in [9.17, 15) is 0 Å². The van der Waals surface area contributed by atoms with Gasteiger partial charge in [-0.3, -0.25) is 0 Å². The van der Waals surface area contributed by atoms with Gasteiger partial charge in [0.1, 0.15) is 0 Å². The highest BCUT2D eigenvalue weighted by Crippen LogP contribution is 2.63. The van der Waals surface area contributed by atoms with Gasteiger partial charge in [-0.1, -0.05) is 176 Å². The topological polar surface area (TPSA) is 43.6 Å². The lowest BCUT2D eigenvalue weighted by Gasteiger charge is -2.40. The second kappa shape index (κ2) is 12.5. The van der Waals surface area contributed by atoms with Crippen LogP contribution in [-0.4, -0.2) is 19.5 Å². The van der Waals surface area contributed by atoms with Gasteiger partial charge in [0.25, 0.3) is 0 Å². The Kier molecular flexibility index (Phi) is 7.04. The molecule has 3 heterocycles. The monoisotopic (exact) mass is 744 g/mol. The molecular weight excluding hydrogens is 713 g/mol. The summed E-state index contributed by atoms with van der Waals surface area (Å²) in [4.78, 5) is 17.9. The normalized spacial score (nSPS) is 13.3. The average molecular weight is 745 g/mol. The molecule has 266 valence electrons. The van der Waals surface area contributed by atoms with Crippen molar-refractivity contribution in [1.82, 2.24) is 19.5 Å². The van der Waals surface area contributed by atoms with E-state index in [2.05, 4.69) is 162 Å². The van der Waals surface area contributed by atoms with Gasteiger partial charge < -0.3 is 4.57 Å². The van der Waals surface area contributed by atoms with Crippen LogP contribution in [0.4, 0.5) is 0 Å². The van der Waals surface area contributed by atoms with Crippen LogP contribution in [0.3, 0.4) is 0 Å². The van der Waals surface area contributed by atoms with Crippen LogP contribution in [-0.2, 0) is 5.41 Å². The molecule has 0 saturated heterocycles. The third-order valence-electron chi connectivity index (χ3n) is 11.7. The number of aromatic nitrogens is 4. The molecule has 1 spiro atoms. The van der Waals surface area contributed by atoms with Crippen LogP contribution >= 0.6 is 11.8 Å². The molecule has 57 heavy (non-hydrogen) atoms. The lowest BCUT2D eigenvalue weighted by molar-refractivity contribution is 0.721. The minimum atomic E-state index is -0.592. The van der Waals surface area contributed by atoms with Gasteiger partial charge in [0, 0.05) is 42.9 Å². The Morgan fingerprint density at radius 3 is 1.49 bits per heavy atom. The first-order valence-corrected chi connectivity index (χ1v) is 20.1. The summed E-state index contributed by atoms with van der Waals surface area (Å²) >= 11 is 1.82. The van der Waals surface area contributed by atoms with Crippen molar-refractivity contribution in [3.63, 3.8) is 0 Å². The number of hydrogen-bond donors (Lipinski definition) is 0. The molecule has 5 heteroatoms. The minimum Gasteiger partial charge on any atom is -0.309 e. The van der Waals surface area contributed by atoms with Crippen molar-refractivity contribution < 1.29 is 0 Å². The van der Waals surface area contributed by atoms with Gasteiger partial charge in [-0.25, -0.2) is 15.0 Å². The SMILES string of the molecule is c1ccc(-c2nc(-c3ccccc3)nc(-c3cccc4c3Sc3ccc(-n5c6ccccc6c6ccccc65)cc3C43c4ccccc4-c4ccccc43)n2)cc1. The highest BCUT2D eigenvalue weighted by atomic mass is 32.2. The van der Waals surface area contributed by atoms with Crippen molar-refractivity contribution in [3.05, 3.63) is 216 Å². The Balaban J connectivity index is 1.15. The van der Waals surface area contributed by atoms with Crippen molar-refractivity contribution in [2.75, 3.05) is 0 Å². The Labute approximate surface area is 334 Å². The molecule has 1 aliphatic carbocycles. The molecular formula is C52H32N4S. The maximum Gasteiger partial charge on any atom is 0.165 e. The van der Waals surface area contributed by atoms with Gasteiger partial charge in [-0.2, -0.15) is 0 Å². The molecule has 0 saturated carbocycles. The number of hydrogen-bond acceptors (Lipinski definition) is 4. The third-order valence-corrected chi connectivity index (χ3v) is 12.9. The highest BCUT2D eigenvalue weighted by Gasteiger charge is 2.51. The molecule has 12 rings (SSSR count). The van der Waals surface area contributed by atoms with Gasteiger partial charge >= 0.3 is 0 Å². The lowest BCUT2D eigenvalue weighted by Crippen LogP contribution is -2.32. The number of para-hydroxylation sites is 2. The van der Waals surface area contributed by atoms with Crippen LogP contribution in [0.25, 0.3) is 72.8 Å². The summed E-state index contributed by atoms with van der Waals surface area (Å²) < 4.78 is 2.43. The summed E-state index contributed by atoms with van der Waals surface area (Å²) in [6.07, 6.45) is 0. The zero-order valence-corrected chi connectivity index (χ0v) is 31.5. The van der Waals surface area contributed by atoms with Crippen LogP contribution in [0.2, 0.25) is 0 Å². The quantitative estimate of drug-likeness (QED) is 0.180. The standard InChI is InChI=1S/C52H32N4S/c1-3-16-33(17-4-1)49-53-50(34-18-5-2-6-19-34)55-51(54-49)40-24-15-27-43-48(40)57-47-31-30-35(56-45-28-13-9-22-38(45)39-23-10-14-29-46(39)56)32-44(47)52(43)41-25-11-7-20-36(41)37-21-8-12-26-42(37)52/h1-32H. The van der Waals surface area contributed by atoms with Gasteiger partial charge in [0.2, 0.25) is 0 Å². The molecule has 0 amide bonds. The maximum atomic E-state index is 5.23. The molecule has 0 bridgehead atoms. The van der Waals surface area contributed by atoms with E-state index in [1.54, 1.807) is 0 Å². The predicted octanol–water partition coefficient (Wildman–Crippen LogP) is 12.8. The molecule has 0 unspecified atom stereocenters. The highest BCUT2D eigenvalue weighted by molar-refractivity contribution is 7.99. The van der Waals surface area contributed by atoms with E-state index in [0.29, 0.717) is 17.5 Å². The number of nitrogens with zero attached hydrogens (tertiary/aromatic N) is 4. The molecule has 8 aromatic carbocycles. The minimum absolute atomic E-state index is 0.592. The van der Waals surface area contributed by atoms with E-state index in [1.165, 1.54) is 60.1 Å². The van der Waals surface area contributed by atoms with E-state index < -0.39 is 5.41 Å². The smallest absolute Gasteiger partial charge is 0.165 e.